The van der Waals surface area contributed by atoms with Crippen molar-refractivity contribution in [2.75, 3.05) is 0 Å². The Morgan fingerprint density at radius 2 is 2.13 bits per heavy atom. The normalized spacial score (nSPS) is 50.5. The quantitative estimate of drug-likeness (QED) is 0.591. The molecule has 0 spiro atoms. The van der Waals surface area contributed by atoms with Crippen molar-refractivity contribution in [3.63, 3.8) is 0 Å². The zero-order valence-corrected chi connectivity index (χ0v) is 9.66. The lowest BCUT2D eigenvalue weighted by Crippen LogP contribution is -2.60. The van der Waals surface area contributed by atoms with Crippen LogP contribution < -0.4 is 5.32 Å². The Morgan fingerprint density at radius 3 is 2.80 bits per heavy atom. The molecular formula is C13H21NO. The number of nitrogens with one attached hydrogen (secondary N) is 1. The largest absolute Gasteiger partial charge is 0.377 e. The third-order valence-electron chi connectivity index (χ3n) is 4.09. The SMILES string of the molecule is C#CC1(O)CC(C)NC2CC(C)CCC21. The number of hydrogen-bond donors (Lipinski definition) is 2. The second-order valence-corrected chi connectivity index (χ2v) is 5.47. The van der Waals surface area contributed by atoms with Gasteiger partial charge in [-0.1, -0.05) is 19.3 Å². The molecule has 2 N–H and O–H groups in total. The minimum atomic E-state index is -0.866. The fraction of sp³-hybridized carbons (Fsp3) is 0.846. The Balaban J connectivity index is 2.19. The van der Waals surface area contributed by atoms with Crippen LogP contribution in [0.25, 0.3) is 0 Å². The van der Waals surface area contributed by atoms with E-state index in [0.29, 0.717) is 18.5 Å². The molecule has 0 amide bonds. The molecule has 1 saturated heterocycles. The maximum Gasteiger partial charge on any atom is 0.130 e. The van der Waals surface area contributed by atoms with E-state index in [1.165, 1.54) is 6.42 Å². The number of terminal acetylenes is 1. The highest BCUT2D eigenvalue weighted by Gasteiger charge is 2.47. The molecule has 1 heterocycles. The Bertz CT molecular complexity index is 281. The predicted octanol–water partition coefficient (Wildman–Crippen LogP) is 1.54. The minimum Gasteiger partial charge on any atom is -0.377 e. The number of aliphatic hydroxyl groups is 1. The molecule has 1 aliphatic carbocycles. The van der Waals surface area contributed by atoms with E-state index in [1.807, 2.05) is 0 Å². The van der Waals surface area contributed by atoms with Crippen molar-refractivity contribution < 1.29 is 5.11 Å². The van der Waals surface area contributed by atoms with Crippen LogP contribution in [-0.4, -0.2) is 22.8 Å². The van der Waals surface area contributed by atoms with Gasteiger partial charge in [0.05, 0.1) is 0 Å². The number of piperidine rings is 1. The van der Waals surface area contributed by atoms with E-state index < -0.39 is 5.60 Å². The van der Waals surface area contributed by atoms with Gasteiger partial charge in [-0.15, -0.1) is 6.42 Å². The molecule has 0 aromatic rings. The second kappa shape index (κ2) is 3.81. The van der Waals surface area contributed by atoms with Gasteiger partial charge >= 0.3 is 0 Å². The molecule has 0 bridgehead atoms. The van der Waals surface area contributed by atoms with Crippen molar-refractivity contribution in [2.24, 2.45) is 11.8 Å². The van der Waals surface area contributed by atoms with Crippen molar-refractivity contribution in [2.45, 2.75) is 57.2 Å². The first-order valence-electron chi connectivity index (χ1n) is 6.01. The van der Waals surface area contributed by atoms with Crippen LogP contribution in [0.3, 0.4) is 0 Å². The van der Waals surface area contributed by atoms with E-state index in [9.17, 15) is 5.11 Å². The van der Waals surface area contributed by atoms with Gasteiger partial charge < -0.3 is 10.4 Å². The first kappa shape index (κ1) is 11.0. The summed E-state index contributed by atoms with van der Waals surface area (Å²) >= 11 is 0. The highest BCUT2D eigenvalue weighted by atomic mass is 16.3. The molecule has 15 heavy (non-hydrogen) atoms. The third kappa shape index (κ3) is 1.91. The highest BCUT2D eigenvalue weighted by Crippen LogP contribution is 2.40. The lowest BCUT2D eigenvalue weighted by Gasteiger charge is -2.48. The van der Waals surface area contributed by atoms with Gasteiger partial charge in [0.15, 0.2) is 0 Å². The van der Waals surface area contributed by atoms with Crippen LogP contribution in [0.1, 0.15) is 39.5 Å². The average Bonchev–Trinajstić information content (AvgIpc) is 2.16. The monoisotopic (exact) mass is 207 g/mol. The van der Waals surface area contributed by atoms with Crippen LogP contribution in [0.5, 0.6) is 0 Å². The first-order valence-corrected chi connectivity index (χ1v) is 6.01. The molecule has 1 aliphatic heterocycles. The third-order valence-corrected chi connectivity index (χ3v) is 4.09. The van der Waals surface area contributed by atoms with Gasteiger partial charge in [-0.3, -0.25) is 0 Å². The Hall–Kier alpha value is -0.520. The van der Waals surface area contributed by atoms with Gasteiger partial charge in [-0.2, -0.15) is 0 Å². The molecule has 5 unspecified atom stereocenters. The van der Waals surface area contributed by atoms with Crippen LogP contribution in [0, 0.1) is 24.2 Å². The van der Waals surface area contributed by atoms with Crippen molar-refractivity contribution in [1.29, 1.82) is 0 Å². The van der Waals surface area contributed by atoms with E-state index in [2.05, 4.69) is 25.1 Å². The summed E-state index contributed by atoms with van der Waals surface area (Å²) in [6.45, 7) is 4.39. The van der Waals surface area contributed by atoms with Crippen LogP contribution in [0.4, 0.5) is 0 Å². The summed E-state index contributed by atoms with van der Waals surface area (Å²) in [7, 11) is 0. The number of fused-ring (bicyclic) bond motifs is 1. The van der Waals surface area contributed by atoms with E-state index in [4.69, 9.17) is 6.42 Å². The number of hydrogen-bond acceptors (Lipinski definition) is 2. The molecule has 84 valence electrons. The molecule has 0 radical (unpaired) electrons. The van der Waals surface area contributed by atoms with Crippen molar-refractivity contribution in [3.8, 4) is 12.3 Å². The van der Waals surface area contributed by atoms with Gasteiger partial charge in [-0.25, -0.2) is 0 Å². The molecule has 2 heteroatoms. The molecule has 1 saturated carbocycles. The predicted molar refractivity (Wildman–Crippen MR) is 61.3 cm³/mol. The first-order chi connectivity index (χ1) is 7.05. The van der Waals surface area contributed by atoms with E-state index in [0.717, 1.165) is 18.8 Å². The highest BCUT2D eigenvalue weighted by molar-refractivity contribution is 5.17. The van der Waals surface area contributed by atoms with Gasteiger partial charge in [-0.05, 0) is 25.7 Å². The topological polar surface area (TPSA) is 32.3 Å². The summed E-state index contributed by atoms with van der Waals surface area (Å²) < 4.78 is 0. The summed E-state index contributed by atoms with van der Waals surface area (Å²) in [4.78, 5) is 0. The summed E-state index contributed by atoms with van der Waals surface area (Å²) in [5.41, 5.74) is -0.866. The van der Waals surface area contributed by atoms with Gasteiger partial charge in [0.1, 0.15) is 5.60 Å². The van der Waals surface area contributed by atoms with Crippen LogP contribution >= 0.6 is 0 Å². The van der Waals surface area contributed by atoms with Gasteiger partial charge in [0.25, 0.3) is 0 Å². The maximum absolute atomic E-state index is 10.5. The fourth-order valence-electron chi connectivity index (χ4n) is 3.35. The van der Waals surface area contributed by atoms with Crippen LogP contribution in [0.2, 0.25) is 0 Å². The van der Waals surface area contributed by atoms with Crippen molar-refractivity contribution in [1.82, 2.24) is 5.32 Å². The van der Waals surface area contributed by atoms with E-state index in [-0.39, 0.29) is 5.92 Å². The molecule has 2 rings (SSSR count). The molecule has 0 aromatic carbocycles. The summed E-state index contributed by atoms with van der Waals surface area (Å²) in [6.07, 6.45) is 9.62. The average molecular weight is 207 g/mol. The molecule has 5 atom stereocenters. The molecule has 2 fully saturated rings. The standard InChI is InChI=1S/C13H21NO/c1-4-13(15)8-10(3)14-12-7-9(2)5-6-11(12)13/h1,9-12,14-15H,5-8H2,2-3H3. The number of rotatable bonds is 0. The zero-order chi connectivity index (χ0) is 11.1. The Kier molecular flexibility index (Phi) is 2.79. The minimum absolute atomic E-state index is 0.259. The van der Waals surface area contributed by atoms with Crippen molar-refractivity contribution in [3.05, 3.63) is 0 Å². The molecule has 2 nitrogen and oxygen atoms in total. The summed E-state index contributed by atoms with van der Waals surface area (Å²) in [5, 5.41) is 14.0. The molecule has 0 aromatic heterocycles. The Labute approximate surface area is 92.5 Å². The van der Waals surface area contributed by atoms with E-state index in [1.54, 1.807) is 0 Å². The van der Waals surface area contributed by atoms with Gasteiger partial charge in [0.2, 0.25) is 0 Å². The maximum atomic E-state index is 10.5. The lowest BCUT2D eigenvalue weighted by atomic mass is 9.66. The summed E-state index contributed by atoms with van der Waals surface area (Å²) in [5.74, 6) is 3.66. The fourth-order valence-corrected chi connectivity index (χ4v) is 3.35. The second-order valence-electron chi connectivity index (χ2n) is 5.47. The Morgan fingerprint density at radius 1 is 1.40 bits per heavy atom. The van der Waals surface area contributed by atoms with Crippen LogP contribution in [0.15, 0.2) is 0 Å². The van der Waals surface area contributed by atoms with Crippen molar-refractivity contribution >= 4 is 0 Å². The smallest absolute Gasteiger partial charge is 0.130 e. The van der Waals surface area contributed by atoms with E-state index >= 15 is 0 Å². The molecule has 2 aliphatic rings. The lowest BCUT2D eigenvalue weighted by molar-refractivity contribution is -0.0451. The zero-order valence-electron chi connectivity index (χ0n) is 9.66. The van der Waals surface area contributed by atoms with Gasteiger partial charge in [0, 0.05) is 24.4 Å². The molecular weight excluding hydrogens is 186 g/mol. The summed E-state index contributed by atoms with van der Waals surface area (Å²) in [6, 6.07) is 0.746. The van der Waals surface area contributed by atoms with Crippen LogP contribution in [-0.2, 0) is 0 Å².